The van der Waals surface area contributed by atoms with E-state index in [1.807, 2.05) is 54.6 Å². The lowest BCUT2D eigenvalue weighted by Crippen LogP contribution is -2.03. The Kier molecular flexibility index (Phi) is 5.10. The van der Waals surface area contributed by atoms with Gasteiger partial charge in [0.1, 0.15) is 17.3 Å². The predicted molar refractivity (Wildman–Crippen MR) is 163 cm³/mol. The van der Waals surface area contributed by atoms with Crippen molar-refractivity contribution in [3.8, 4) is 40.0 Å². The largest absolute Gasteiger partial charge is 0.456 e. The quantitative estimate of drug-likeness (QED) is 0.236. The van der Waals surface area contributed by atoms with Crippen molar-refractivity contribution in [1.82, 2.24) is 14.5 Å². The van der Waals surface area contributed by atoms with Crippen molar-refractivity contribution in [2.75, 3.05) is 0 Å². The normalized spacial score (nSPS) is 12.1. The van der Waals surface area contributed by atoms with Gasteiger partial charge in [0, 0.05) is 39.1 Å². The first-order chi connectivity index (χ1) is 19.8. The Balaban J connectivity index is 1.46. The van der Waals surface area contributed by atoms with Gasteiger partial charge < -0.3 is 4.74 Å². The summed E-state index contributed by atoms with van der Waals surface area (Å²) in [5.74, 6) is 3.16. The van der Waals surface area contributed by atoms with Crippen LogP contribution in [0.3, 0.4) is 0 Å². The number of para-hydroxylation sites is 2. The summed E-state index contributed by atoms with van der Waals surface area (Å²) in [4.78, 5) is 10.2. The Hall–Kier alpha value is -5.48. The number of aromatic nitrogens is 3. The minimum absolute atomic E-state index is 0.684. The first kappa shape index (κ1) is 22.5. The molecule has 40 heavy (non-hydrogen) atoms. The number of ether oxygens (including phenoxy) is 1. The van der Waals surface area contributed by atoms with Crippen molar-refractivity contribution in [3.63, 3.8) is 0 Å². The number of benzene rings is 5. The molecule has 0 unspecified atom stereocenters. The summed E-state index contributed by atoms with van der Waals surface area (Å²) in [6, 6.07) is 43.4. The van der Waals surface area contributed by atoms with Crippen molar-refractivity contribution >= 4 is 34.0 Å². The predicted octanol–water partition coefficient (Wildman–Crippen LogP) is 9.18. The number of rotatable bonds is 3. The van der Waals surface area contributed by atoms with Gasteiger partial charge in [0.2, 0.25) is 0 Å². The lowest BCUT2D eigenvalue weighted by molar-refractivity contribution is 0.482. The van der Waals surface area contributed by atoms with Gasteiger partial charge >= 0.3 is 0 Å². The molecule has 0 spiro atoms. The van der Waals surface area contributed by atoms with E-state index in [0.29, 0.717) is 5.82 Å². The summed E-state index contributed by atoms with van der Waals surface area (Å²) in [6.45, 7) is 0. The van der Waals surface area contributed by atoms with Crippen LogP contribution in [0.2, 0.25) is 0 Å². The summed E-state index contributed by atoms with van der Waals surface area (Å²) >= 11 is 0. The third-order valence-electron chi connectivity index (χ3n) is 7.45. The fourth-order valence-corrected chi connectivity index (χ4v) is 5.58. The maximum absolute atomic E-state index is 6.47. The molecule has 0 bridgehead atoms. The van der Waals surface area contributed by atoms with Gasteiger partial charge in [-0.25, -0.2) is 9.97 Å². The van der Waals surface area contributed by atoms with Crippen LogP contribution in [0, 0.1) is 0 Å². The van der Waals surface area contributed by atoms with Crippen LogP contribution in [0.15, 0.2) is 127 Å². The zero-order valence-electron chi connectivity index (χ0n) is 21.5. The van der Waals surface area contributed by atoms with E-state index in [1.54, 1.807) is 0 Å². The Labute approximate surface area is 231 Å². The standard InChI is InChI=1S/C36H23N3O/c1-3-11-24(12-4-1)30-23-34(38-36(37-30)26-14-5-2-6-15-26)39-31-17-9-8-16-27(31)28-21-22-33-29(35(28)39)20-19-25-13-7-10-18-32(25)40-33/h1-23H. The molecule has 0 atom stereocenters. The first-order valence-electron chi connectivity index (χ1n) is 13.3. The molecule has 7 aromatic rings. The SMILES string of the molecule is C1=Cc2c(ccc3c4ccccc4n(-c4cc(-c5ccccc5)nc(-c5ccccc5)n4)c23)Oc2ccccc21. The van der Waals surface area contributed by atoms with Gasteiger partial charge in [-0.1, -0.05) is 103 Å². The molecule has 0 saturated heterocycles. The fourth-order valence-electron chi connectivity index (χ4n) is 5.58. The molecule has 4 nitrogen and oxygen atoms in total. The van der Waals surface area contributed by atoms with E-state index in [0.717, 1.165) is 67.1 Å². The fraction of sp³-hybridized carbons (Fsp3) is 0. The van der Waals surface area contributed by atoms with Crippen LogP contribution in [0.5, 0.6) is 11.5 Å². The lowest BCUT2D eigenvalue weighted by Gasteiger charge is -2.14. The van der Waals surface area contributed by atoms with Gasteiger partial charge in [-0.2, -0.15) is 0 Å². The van der Waals surface area contributed by atoms with E-state index < -0.39 is 0 Å². The van der Waals surface area contributed by atoms with E-state index in [9.17, 15) is 0 Å². The Bertz CT molecular complexity index is 2020. The maximum atomic E-state index is 6.47. The average Bonchev–Trinajstić information content (AvgIpc) is 3.24. The van der Waals surface area contributed by atoms with Crippen LogP contribution in [0.1, 0.15) is 11.1 Å². The molecule has 0 radical (unpaired) electrons. The smallest absolute Gasteiger partial charge is 0.162 e. The number of hydrogen-bond acceptors (Lipinski definition) is 3. The van der Waals surface area contributed by atoms with Crippen LogP contribution in [0.25, 0.3) is 62.4 Å². The van der Waals surface area contributed by atoms with Crippen molar-refractivity contribution in [2.45, 2.75) is 0 Å². The molecule has 3 heterocycles. The molecular formula is C36H23N3O. The highest BCUT2D eigenvalue weighted by Crippen LogP contribution is 2.42. The molecule has 0 aliphatic carbocycles. The number of fused-ring (bicyclic) bond motifs is 6. The van der Waals surface area contributed by atoms with Gasteiger partial charge in [-0.05, 0) is 30.3 Å². The van der Waals surface area contributed by atoms with Crippen LogP contribution in [-0.4, -0.2) is 14.5 Å². The first-order valence-corrected chi connectivity index (χ1v) is 13.3. The lowest BCUT2D eigenvalue weighted by atomic mass is 10.1. The second-order valence-electron chi connectivity index (χ2n) is 9.87. The highest BCUT2D eigenvalue weighted by atomic mass is 16.5. The Morgan fingerprint density at radius 1 is 0.550 bits per heavy atom. The second-order valence-corrected chi connectivity index (χ2v) is 9.87. The van der Waals surface area contributed by atoms with Crippen LogP contribution in [0.4, 0.5) is 0 Å². The minimum atomic E-state index is 0.684. The molecule has 1 aliphatic rings. The van der Waals surface area contributed by atoms with Crippen molar-refractivity contribution in [3.05, 3.63) is 139 Å². The third kappa shape index (κ3) is 3.62. The molecule has 0 N–H and O–H groups in total. The summed E-state index contributed by atoms with van der Waals surface area (Å²) in [7, 11) is 0. The number of hydrogen-bond donors (Lipinski definition) is 0. The van der Waals surface area contributed by atoms with E-state index >= 15 is 0 Å². The minimum Gasteiger partial charge on any atom is -0.456 e. The molecule has 0 amide bonds. The molecule has 0 saturated carbocycles. The third-order valence-corrected chi connectivity index (χ3v) is 7.45. The molecule has 4 heteroatoms. The van der Waals surface area contributed by atoms with Crippen LogP contribution < -0.4 is 4.74 Å². The maximum Gasteiger partial charge on any atom is 0.162 e. The highest BCUT2D eigenvalue weighted by Gasteiger charge is 2.21. The molecule has 8 rings (SSSR count). The second kappa shape index (κ2) is 9.07. The van der Waals surface area contributed by atoms with Crippen molar-refractivity contribution < 1.29 is 4.74 Å². The zero-order valence-corrected chi connectivity index (χ0v) is 21.5. The Morgan fingerprint density at radius 3 is 2.12 bits per heavy atom. The molecule has 2 aromatic heterocycles. The molecule has 5 aromatic carbocycles. The topological polar surface area (TPSA) is 39.9 Å². The summed E-state index contributed by atoms with van der Waals surface area (Å²) in [5, 5.41) is 2.31. The van der Waals surface area contributed by atoms with Gasteiger partial charge in [0.05, 0.1) is 16.7 Å². The highest BCUT2D eigenvalue weighted by molar-refractivity contribution is 6.13. The van der Waals surface area contributed by atoms with E-state index in [1.165, 1.54) is 0 Å². The summed E-state index contributed by atoms with van der Waals surface area (Å²) < 4.78 is 8.73. The Morgan fingerprint density at radius 2 is 1.27 bits per heavy atom. The molecule has 0 fully saturated rings. The number of nitrogens with zero attached hydrogens (tertiary/aromatic N) is 3. The van der Waals surface area contributed by atoms with Crippen LogP contribution in [-0.2, 0) is 0 Å². The van der Waals surface area contributed by atoms with Crippen molar-refractivity contribution in [1.29, 1.82) is 0 Å². The monoisotopic (exact) mass is 513 g/mol. The molecular weight excluding hydrogens is 490 g/mol. The van der Waals surface area contributed by atoms with Gasteiger partial charge in [-0.3, -0.25) is 4.57 Å². The van der Waals surface area contributed by atoms with E-state index in [2.05, 4.69) is 89.5 Å². The van der Waals surface area contributed by atoms with Gasteiger partial charge in [0.25, 0.3) is 0 Å². The van der Waals surface area contributed by atoms with Gasteiger partial charge in [0.15, 0.2) is 5.82 Å². The van der Waals surface area contributed by atoms with E-state index in [4.69, 9.17) is 14.7 Å². The van der Waals surface area contributed by atoms with Gasteiger partial charge in [-0.15, -0.1) is 0 Å². The van der Waals surface area contributed by atoms with E-state index in [-0.39, 0.29) is 0 Å². The summed E-state index contributed by atoms with van der Waals surface area (Å²) in [5.41, 5.74) is 7.09. The molecule has 188 valence electrons. The van der Waals surface area contributed by atoms with Crippen molar-refractivity contribution in [2.24, 2.45) is 0 Å². The van der Waals surface area contributed by atoms with Crippen LogP contribution >= 0.6 is 0 Å². The molecule has 1 aliphatic heterocycles. The zero-order chi connectivity index (χ0) is 26.5. The summed E-state index contributed by atoms with van der Waals surface area (Å²) in [6.07, 6.45) is 4.30. The average molecular weight is 514 g/mol.